The Labute approximate surface area is 161 Å². The Bertz CT molecular complexity index is 816. The maximum absolute atomic E-state index is 13.0. The second-order valence-electron chi connectivity index (χ2n) is 8.15. The van der Waals surface area contributed by atoms with Gasteiger partial charge >= 0.3 is 0 Å². The zero-order chi connectivity index (χ0) is 19.0. The summed E-state index contributed by atoms with van der Waals surface area (Å²) in [6, 6.07) is 5.63. The van der Waals surface area contributed by atoms with Gasteiger partial charge in [0.25, 0.3) is 0 Å². The van der Waals surface area contributed by atoms with E-state index in [0.29, 0.717) is 37.4 Å². The molecule has 1 aromatic rings. The Balaban J connectivity index is 1.40. The lowest BCUT2D eigenvalue weighted by Gasteiger charge is -2.36. The summed E-state index contributed by atoms with van der Waals surface area (Å²) in [5, 5.41) is 0. The predicted octanol–water partition coefficient (Wildman–Crippen LogP) is 1.53. The van der Waals surface area contributed by atoms with Crippen molar-refractivity contribution in [2.45, 2.75) is 55.9 Å². The highest BCUT2D eigenvalue weighted by Crippen LogP contribution is 2.29. The first-order valence-electron chi connectivity index (χ1n) is 10.1. The largest absolute Gasteiger partial charge is 0.341 e. The summed E-state index contributed by atoms with van der Waals surface area (Å²) in [6.45, 7) is 2.23. The minimum Gasteiger partial charge on any atom is -0.341 e. The summed E-state index contributed by atoms with van der Waals surface area (Å²) in [7, 11) is -3.48. The highest BCUT2D eigenvalue weighted by molar-refractivity contribution is 7.89. The van der Waals surface area contributed by atoms with E-state index in [9.17, 15) is 13.2 Å². The summed E-state index contributed by atoms with van der Waals surface area (Å²) >= 11 is 0. The third kappa shape index (κ3) is 3.77. The molecule has 0 spiro atoms. The van der Waals surface area contributed by atoms with Crippen molar-refractivity contribution in [3.63, 3.8) is 0 Å². The van der Waals surface area contributed by atoms with Crippen molar-refractivity contribution in [3.8, 4) is 0 Å². The van der Waals surface area contributed by atoms with Gasteiger partial charge in [-0.2, -0.15) is 4.31 Å². The molecule has 2 N–H and O–H groups in total. The van der Waals surface area contributed by atoms with Gasteiger partial charge in [0.15, 0.2) is 0 Å². The molecule has 2 heterocycles. The molecule has 2 aliphatic heterocycles. The minimum atomic E-state index is -3.48. The van der Waals surface area contributed by atoms with Crippen molar-refractivity contribution in [2.75, 3.05) is 26.2 Å². The smallest absolute Gasteiger partial charge is 0.243 e. The maximum atomic E-state index is 13.0. The van der Waals surface area contributed by atoms with Gasteiger partial charge in [-0.05, 0) is 68.2 Å². The molecule has 2 fully saturated rings. The normalized spacial score (nSPS) is 24.8. The number of sulfonamides is 1. The highest BCUT2D eigenvalue weighted by Gasteiger charge is 2.35. The number of aryl methyl sites for hydroxylation is 2. The monoisotopic (exact) mass is 391 g/mol. The molecular weight excluding hydrogens is 362 g/mol. The van der Waals surface area contributed by atoms with Crippen LogP contribution in [0, 0.1) is 5.92 Å². The minimum absolute atomic E-state index is 0.0722. The molecule has 0 bridgehead atoms. The van der Waals surface area contributed by atoms with Crippen LogP contribution in [-0.4, -0.2) is 55.8 Å². The Morgan fingerprint density at radius 3 is 2.48 bits per heavy atom. The summed E-state index contributed by atoms with van der Waals surface area (Å²) in [5.74, 6) is 0.0708. The molecule has 2 saturated heterocycles. The van der Waals surface area contributed by atoms with Crippen molar-refractivity contribution in [1.29, 1.82) is 0 Å². The standard InChI is InChI=1S/C20H29N3O3S/c21-18-5-2-10-22(14-18)20(24)16-8-11-23(12-9-16)27(25,26)19-7-6-15-3-1-4-17(15)13-19/h6-7,13,16,18H,1-5,8-12,14,21H2. The molecule has 1 aromatic carbocycles. The SMILES string of the molecule is NC1CCCN(C(=O)C2CCN(S(=O)(=O)c3ccc4c(c3)CCC4)CC2)C1. The van der Waals surface area contributed by atoms with E-state index in [-0.39, 0.29) is 17.9 Å². The number of carbonyl (C=O) groups excluding carboxylic acids is 1. The fourth-order valence-electron chi connectivity index (χ4n) is 4.67. The van der Waals surface area contributed by atoms with Gasteiger partial charge in [-0.25, -0.2) is 8.42 Å². The summed E-state index contributed by atoms with van der Waals surface area (Å²) < 4.78 is 27.6. The van der Waals surface area contributed by atoms with Crippen LogP contribution in [0.1, 0.15) is 43.2 Å². The van der Waals surface area contributed by atoms with E-state index >= 15 is 0 Å². The first-order chi connectivity index (χ1) is 12.9. The first-order valence-corrected chi connectivity index (χ1v) is 11.6. The van der Waals surface area contributed by atoms with Crippen LogP contribution in [0.3, 0.4) is 0 Å². The Morgan fingerprint density at radius 1 is 1.00 bits per heavy atom. The van der Waals surface area contributed by atoms with Crippen LogP contribution in [0.15, 0.2) is 23.1 Å². The molecule has 148 valence electrons. The van der Waals surface area contributed by atoms with Crippen molar-refractivity contribution < 1.29 is 13.2 Å². The molecule has 1 amide bonds. The first kappa shape index (κ1) is 18.9. The van der Waals surface area contributed by atoms with Crippen molar-refractivity contribution in [1.82, 2.24) is 9.21 Å². The van der Waals surface area contributed by atoms with Gasteiger partial charge in [0.05, 0.1) is 4.90 Å². The van der Waals surface area contributed by atoms with Crippen LogP contribution in [0.5, 0.6) is 0 Å². The molecule has 0 saturated carbocycles. The highest BCUT2D eigenvalue weighted by atomic mass is 32.2. The number of amides is 1. The third-order valence-corrected chi connectivity index (χ3v) is 8.18. The zero-order valence-electron chi connectivity index (χ0n) is 15.8. The molecule has 4 rings (SSSR count). The maximum Gasteiger partial charge on any atom is 0.243 e. The third-order valence-electron chi connectivity index (χ3n) is 6.28. The Hall–Kier alpha value is -1.44. The quantitative estimate of drug-likeness (QED) is 0.847. The van der Waals surface area contributed by atoms with Gasteiger partial charge in [0, 0.05) is 38.1 Å². The molecule has 1 aliphatic carbocycles. The van der Waals surface area contributed by atoms with E-state index in [1.165, 1.54) is 11.1 Å². The van der Waals surface area contributed by atoms with Crippen LogP contribution < -0.4 is 5.73 Å². The number of fused-ring (bicyclic) bond motifs is 1. The Morgan fingerprint density at radius 2 is 1.74 bits per heavy atom. The number of hydrogen-bond donors (Lipinski definition) is 1. The van der Waals surface area contributed by atoms with Gasteiger partial charge < -0.3 is 10.6 Å². The predicted molar refractivity (Wildman–Crippen MR) is 104 cm³/mol. The van der Waals surface area contributed by atoms with Crippen LogP contribution >= 0.6 is 0 Å². The van der Waals surface area contributed by atoms with E-state index in [2.05, 4.69) is 0 Å². The second-order valence-corrected chi connectivity index (χ2v) is 10.1. The number of benzene rings is 1. The van der Waals surface area contributed by atoms with Crippen molar-refractivity contribution in [3.05, 3.63) is 29.3 Å². The molecular formula is C20H29N3O3S. The van der Waals surface area contributed by atoms with E-state index in [0.717, 1.165) is 38.6 Å². The number of piperidine rings is 2. The van der Waals surface area contributed by atoms with Crippen LogP contribution in [0.4, 0.5) is 0 Å². The van der Waals surface area contributed by atoms with Gasteiger partial charge in [-0.1, -0.05) is 6.07 Å². The number of carbonyl (C=O) groups is 1. The molecule has 1 unspecified atom stereocenters. The lowest BCUT2D eigenvalue weighted by Crippen LogP contribution is -2.50. The average molecular weight is 392 g/mol. The summed E-state index contributed by atoms with van der Waals surface area (Å²) in [6.07, 6.45) is 6.23. The van der Waals surface area contributed by atoms with Crippen LogP contribution in [0.25, 0.3) is 0 Å². The lowest BCUT2D eigenvalue weighted by atomic mass is 9.95. The fourth-order valence-corrected chi connectivity index (χ4v) is 6.19. The molecule has 27 heavy (non-hydrogen) atoms. The van der Waals surface area contributed by atoms with Crippen molar-refractivity contribution >= 4 is 15.9 Å². The van der Waals surface area contributed by atoms with Gasteiger partial charge in [-0.3, -0.25) is 4.79 Å². The van der Waals surface area contributed by atoms with E-state index < -0.39 is 10.0 Å². The molecule has 6 nitrogen and oxygen atoms in total. The van der Waals surface area contributed by atoms with Gasteiger partial charge in [0.1, 0.15) is 0 Å². The summed E-state index contributed by atoms with van der Waals surface area (Å²) in [4.78, 5) is 15.0. The lowest BCUT2D eigenvalue weighted by molar-refractivity contribution is -0.137. The van der Waals surface area contributed by atoms with Gasteiger partial charge in [-0.15, -0.1) is 0 Å². The molecule has 7 heteroatoms. The number of rotatable bonds is 3. The number of likely N-dealkylation sites (tertiary alicyclic amines) is 1. The molecule has 0 aromatic heterocycles. The molecule has 3 aliphatic rings. The van der Waals surface area contributed by atoms with E-state index in [4.69, 9.17) is 5.73 Å². The van der Waals surface area contributed by atoms with E-state index in [1.54, 1.807) is 10.4 Å². The van der Waals surface area contributed by atoms with Crippen LogP contribution in [0.2, 0.25) is 0 Å². The Kier molecular flexibility index (Phi) is 5.27. The zero-order valence-corrected chi connectivity index (χ0v) is 16.6. The number of hydrogen-bond acceptors (Lipinski definition) is 4. The van der Waals surface area contributed by atoms with Crippen molar-refractivity contribution in [2.24, 2.45) is 11.7 Å². The van der Waals surface area contributed by atoms with Gasteiger partial charge in [0.2, 0.25) is 15.9 Å². The molecule has 0 radical (unpaired) electrons. The molecule has 1 atom stereocenters. The fraction of sp³-hybridized carbons (Fsp3) is 0.650. The van der Waals surface area contributed by atoms with E-state index in [1.807, 2.05) is 17.0 Å². The summed E-state index contributed by atoms with van der Waals surface area (Å²) in [5.41, 5.74) is 8.44. The number of nitrogens with zero attached hydrogens (tertiary/aromatic N) is 2. The average Bonchev–Trinajstić information content (AvgIpc) is 3.15. The number of nitrogens with two attached hydrogens (primary N) is 1. The second kappa shape index (κ2) is 7.53. The van der Waals surface area contributed by atoms with Crippen LogP contribution in [-0.2, 0) is 27.7 Å². The topological polar surface area (TPSA) is 83.7 Å².